The van der Waals surface area contributed by atoms with Crippen LogP contribution in [0.3, 0.4) is 0 Å². The fraction of sp³-hybridized carbons (Fsp3) is 0.947. The summed E-state index contributed by atoms with van der Waals surface area (Å²) in [5, 5.41) is 10.6. The van der Waals surface area contributed by atoms with E-state index in [1.165, 1.54) is 173 Å². The lowest BCUT2D eigenvalue weighted by atomic mass is 10.00. The summed E-state index contributed by atoms with van der Waals surface area (Å²) in [6.07, 6.45) is 48.8. The molecule has 558 valence electrons. The highest BCUT2D eigenvalue weighted by Crippen LogP contribution is 2.45. The molecule has 0 saturated heterocycles. The van der Waals surface area contributed by atoms with Crippen LogP contribution in [0.25, 0.3) is 0 Å². The third kappa shape index (κ3) is 67.3. The Kier molecular flexibility index (Phi) is 63.1. The zero-order chi connectivity index (χ0) is 69.6. The number of hydrogen-bond donors (Lipinski definition) is 3. The summed E-state index contributed by atoms with van der Waals surface area (Å²) in [6.45, 7) is 14.1. The molecule has 0 aliphatic carbocycles. The summed E-state index contributed by atoms with van der Waals surface area (Å²) >= 11 is 0. The third-order valence-electron chi connectivity index (χ3n) is 17.7. The molecule has 0 saturated carbocycles. The van der Waals surface area contributed by atoms with Gasteiger partial charge in [-0.05, 0) is 49.4 Å². The van der Waals surface area contributed by atoms with E-state index in [9.17, 15) is 43.2 Å². The summed E-state index contributed by atoms with van der Waals surface area (Å²) in [5.74, 6) is 0.888. The lowest BCUT2D eigenvalue weighted by molar-refractivity contribution is -0.161. The van der Waals surface area contributed by atoms with Gasteiger partial charge >= 0.3 is 39.5 Å². The topological polar surface area (TPSA) is 237 Å². The van der Waals surface area contributed by atoms with Crippen molar-refractivity contribution in [2.75, 3.05) is 39.6 Å². The Balaban J connectivity index is 5.18. The molecule has 17 nitrogen and oxygen atoms in total. The van der Waals surface area contributed by atoms with Gasteiger partial charge in [0.25, 0.3) is 0 Å². The predicted molar refractivity (Wildman–Crippen MR) is 381 cm³/mol. The Labute approximate surface area is 575 Å². The molecule has 0 fully saturated rings. The molecule has 0 aliphatic rings. The van der Waals surface area contributed by atoms with Gasteiger partial charge in [0.15, 0.2) is 12.2 Å². The lowest BCUT2D eigenvalue weighted by Gasteiger charge is -2.21. The van der Waals surface area contributed by atoms with Crippen molar-refractivity contribution < 1.29 is 80.2 Å². The number of phosphoric ester groups is 2. The average Bonchev–Trinajstić information content (AvgIpc) is 1.13. The second-order valence-electron chi connectivity index (χ2n) is 28.7. The summed E-state index contributed by atoms with van der Waals surface area (Å²) in [6, 6.07) is 0. The number of rotatable bonds is 72. The molecule has 0 radical (unpaired) electrons. The first-order valence-electron chi connectivity index (χ1n) is 38.7. The van der Waals surface area contributed by atoms with E-state index < -0.39 is 97.5 Å². The first-order chi connectivity index (χ1) is 45.1. The van der Waals surface area contributed by atoms with Crippen LogP contribution >= 0.6 is 15.6 Å². The minimum atomic E-state index is -4.96. The summed E-state index contributed by atoms with van der Waals surface area (Å²) in [4.78, 5) is 72.7. The van der Waals surface area contributed by atoms with E-state index in [0.29, 0.717) is 25.7 Å². The first kappa shape index (κ1) is 92.1. The van der Waals surface area contributed by atoms with Gasteiger partial charge in [-0.2, -0.15) is 0 Å². The number of aliphatic hydroxyl groups is 1. The molecule has 0 aliphatic heterocycles. The number of unbranched alkanes of at least 4 members (excludes halogenated alkanes) is 37. The molecule has 3 N–H and O–H groups in total. The fourth-order valence-corrected chi connectivity index (χ4v) is 12.9. The fourth-order valence-electron chi connectivity index (χ4n) is 11.3. The second kappa shape index (κ2) is 64.4. The van der Waals surface area contributed by atoms with Gasteiger partial charge in [-0.3, -0.25) is 37.3 Å². The maximum atomic E-state index is 13.1. The van der Waals surface area contributed by atoms with Crippen LogP contribution in [0.15, 0.2) is 0 Å². The van der Waals surface area contributed by atoms with Gasteiger partial charge in [0, 0.05) is 25.7 Å². The van der Waals surface area contributed by atoms with Crippen molar-refractivity contribution in [2.45, 2.75) is 395 Å². The van der Waals surface area contributed by atoms with Crippen molar-refractivity contribution in [1.82, 2.24) is 0 Å². The van der Waals surface area contributed by atoms with Gasteiger partial charge in [0.05, 0.1) is 26.4 Å². The lowest BCUT2D eigenvalue weighted by Crippen LogP contribution is -2.30. The van der Waals surface area contributed by atoms with Gasteiger partial charge in [0.1, 0.15) is 19.3 Å². The van der Waals surface area contributed by atoms with E-state index >= 15 is 0 Å². The molecule has 0 bridgehead atoms. The number of ether oxygens (including phenoxy) is 4. The first-order valence-corrected chi connectivity index (χ1v) is 41.7. The molecule has 0 rings (SSSR count). The Morgan fingerprint density at radius 3 is 0.755 bits per heavy atom. The Morgan fingerprint density at radius 1 is 0.298 bits per heavy atom. The monoisotopic (exact) mass is 1380 g/mol. The average molecular weight is 1380 g/mol. The van der Waals surface area contributed by atoms with Crippen molar-refractivity contribution >= 4 is 39.5 Å². The Hall–Kier alpha value is -1.94. The molecule has 0 aromatic carbocycles. The molecule has 0 aromatic heterocycles. The van der Waals surface area contributed by atoms with Crippen molar-refractivity contribution in [3.05, 3.63) is 0 Å². The molecule has 0 heterocycles. The molecule has 0 spiro atoms. The number of carbonyl (C=O) groups is 4. The van der Waals surface area contributed by atoms with Crippen LogP contribution < -0.4 is 0 Å². The minimum Gasteiger partial charge on any atom is -0.462 e. The summed E-state index contributed by atoms with van der Waals surface area (Å²) in [7, 11) is -9.91. The molecule has 0 aromatic rings. The number of carbonyl (C=O) groups excluding carboxylic acids is 4. The smallest absolute Gasteiger partial charge is 0.462 e. The maximum absolute atomic E-state index is 13.1. The van der Waals surface area contributed by atoms with E-state index in [2.05, 4.69) is 55.4 Å². The summed E-state index contributed by atoms with van der Waals surface area (Å²) in [5.41, 5.74) is 0. The highest BCUT2D eigenvalue weighted by atomic mass is 31.2. The Bertz CT molecular complexity index is 1850. The molecule has 19 heteroatoms. The zero-order valence-electron chi connectivity index (χ0n) is 61.6. The largest absolute Gasteiger partial charge is 0.472 e. The molecule has 6 atom stereocenters. The van der Waals surface area contributed by atoms with E-state index in [0.717, 1.165) is 120 Å². The quantitative estimate of drug-likeness (QED) is 0.0222. The number of esters is 4. The second-order valence-corrected chi connectivity index (χ2v) is 31.6. The Morgan fingerprint density at radius 2 is 0.511 bits per heavy atom. The van der Waals surface area contributed by atoms with E-state index in [1.54, 1.807) is 0 Å². The zero-order valence-corrected chi connectivity index (χ0v) is 63.4. The predicted octanol–water partition coefficient (Wildman–Crippen LogP) is 21.7. The standard InChI is InChI=1S/C75H146O17P2/c1-9-68(8)54-46-38-33-34-40-48-56-73(78)86-62-71(92-74(79)57-49-41-31-23-19-17-15-13-11-10-12-14-16-18-21-27-35-43-51-65(2)3)64-90-94(83,84)88-60-69(76)59-87-93(81,82)89-63-70(61-85-72(77)55-47-39-30-26-25-29-37-45-53-67(6)7)91-75(80)58-50-42-32-24-20-22-28-36-44-52-66(4)5/h65-71,76H,9-64H2,1-8H3,(H,81,82)(H,83,84)/t68?,69?,70-,71-/m1/s1. The number of hydrogen-bond acceptors (Lipinski definition) is 15. The van der Waals surface area contributed by atoms with Crippen LogP contribution in [0, 0.1) is 23.7 Å². The van der Waals surface area contributed by atoms with Crippen molar-refractivity contribution in [1.29, 1.82) is 0 Å². The van der Waals surface area contributed by atoms with Crippen LogP contribution in [0.1, 0.15) is 376 Å². The van der Waals surface area contributed by atoms with Gasteiger partial charge in [0.2, 0.25) is 0 Å². The van der Waals surface area contributed by atoms with E-state index in [4.69, 9.17) is 37.0 Å². The van der Waals surface area contributed by atoms with Crippen LogP contribution in [-0.4, -0.2) is 96.7 Å². The van der Waals surface area contributed by atoms with Crippen LogP contribution in [0.5, 0.6) is 0 Å². The normalized spacial score (nSPS) is 14.4. The van der Waals surface area contributed by atoms with Crippen molar-refractivity contribution in [3.63, 3.8) is 0 Å². The summed E-state index contributed by atoms with van der Waals surface area (Å²) < 4.78 is 68.4. The van der Waals surface area contributed by atoms with Crippen molar-refractivity contribution in [3.8, 4) is 0 Å². The molecular weight excluding hydrogens is 1230 g/mol. The van der Waals surface area contributed by atoms with Gasteiger partial charge in [-0.15, -0.1) is 0 Å². The molecule has 94 heavy (non-hydrogen) atoms. The third-order valence-corrected chi connectivity index (χ3v) is 19.6. The van der Waals surface area contributed by atoms with E-state index in [1.807, 2.05) is 0 Å². The SMILES string of the molecule is CCC(C)CCCCCCCCC(=O)OC[C@H](COP(=O)(O)OCC(O)COP(=O)(O)OC[C@@H](COC(=O)CCCCCCCCCCC(C)C)OC(=O)CCCCCCCCCCCC(C)C)OC(=O)CCCCCCCCCCCCCCCCCCCCC(C)C. The maximum Gasteiger partial charge on any atom is 0.472 e. The van der Waals surface area contributed by atoms with Crippen molar-refractivity contribution in [2.24, 2.45) is 23.7 Å². The highest BCUT2D eigenvalue weighted by Gasteiger charge is 2.30. The van der Waals surface area contributed by atoms with Gasteiger partial charge in [-0.25, -0.2) is 9.13 Å². The van der Waals surface area contributed by atoms with Crippen LogP contribution in [-0.2, 0) is 65.4 Å². The minimum absolute atomic E-state index is 0.104. The molecule has 0 amide bonds. The van der Waals surface area contributed by atoms with Gasteiger partial charge in [-0.1, -0.05) is 325 Å². The van der Waals surface area contributed by atoms with E-state index in [-0.39, 0.29) is 25.7 Å². The highest BCUT2D eigenvalue weighted by molar-refractivity contribution is 7.47. The molecular formula is C75H146O17P2. The van der Waals surface area contributed by atoms with Gasteiger partial charge < -0.3 is 33.8 Å². The van der Waals surface area contributed by atoms with Crippen LogP contribution in [0.4, 0.5) is 0 Å². The number of aliphatic hydroxyl groups excluding tert-OH is 1. The number of phosphoric acid groups is 2. The molecule has 4 unspecified atom stereocenters. The van der Waals surface area contributed by atoms with Crippen LogP contribution in [0.2, 0.25) is 0 Å².